The van der Waals surface area contributed by atoms with Gasteiger partial charge in [-0.1, -0.05) is 0 Å². The van der Waals surface area contributed by atoms with Crippen LogP contribution in [0, 0.1) is 0 Å². The summed E-state index contributed by atoms with van der Waals surface area (Å²) in [7, 11) is 4.43. The zero-order valence-corrected chi connectivity index (χ0v) is 15.7. The van der Waals surface area contributed by atoms with E-state index in [1.807, 2.05) is 0 Å². The molecule has 1 aliphatic heterocycles. The molecule has 2 aromatic carbocycles. The molecule has 1 aliphatic rings. The number of benzene rings is 2. The normalized spacial score (nSPS) is 11.5. The van der Waals surface area contributed by atoms with Gasteiger partial charge < -0.3 is 34.3 Å². The standard InChI is InChI=1S/C19H20N2O7/c1-24-15-7-12(8-16(25-2)19(15)26-3)21-18(23)9-17(22)20-11-4-5-13-14(6-11)28-10-27-13/h4-8H,9-10H2,1-3H3,(H,20,22)(H,21,23). The number of carbonyl (C=O) groups excluding carboxylic acids is 2. The minimum atomic E-state index is -0.493. The Hall–Kier alpha value is -3.62. The van der Waals surface area contributed by atoms with Crippen LogP contribution in [0.2, 0.25) is 0 Å². The van der Waals surface area contributed by atoms with Crippen molar-refractivity contribution >= 4 is 23.2 Å². The van der Waals surface area contributed by atoms with E-state index in [2.05, 4.69) is 10.6 Å². The van der Waals surface area contributed by atoms with Crippen molar-refractivity contribution in [2.45, 2.75) is 6.42 Å². The number of amides is 2. The molecule has 2 aromatic rings. The minimum absolute atomic E-state index is 0.143. The number of anilines is 2. The van der Waals surface area contributed by atoms with E-state index >= 15 is 0 Å². The summed E-state index contributed by atoms with van der Waals surface area (Å²) in [4.78, 5) is 24.4. The lowest BCUT2D eigenvalue weighted by Gasteiger charge is -2.14. The highest BCUT2D eigenvalue weighted by molar-refractivity contribution is 6.08. The zero-order chi connectivity index (χ0) is 20.1. The first-order valence-corrected chi connectivity index (χ1v) is 8.33. The van der Waals surface area contributed by atoms with Gasteiger partial charge in [-0.05, 0) is 12.1 Å². The predicted octanol–water partition coefficient (Wildman–Crippen LogP) is 2.41. The molecular formula is C19H20N2O7. The van der Waals surface area contributed by atoms with E-state index in [1.165, 1.54) is 21.3 Å². The average molecular weight is 388 g/mol. The molecular weight excluding hydrogens is 368 g/mol. The van der Waals surface area contributed by atoms with Crippen LogP contribution in [-0.4, -0.2) is 39.9 Å². The van der Waals surface area contributed by atoms with E-state index in [0.29, 0.717) is 40.1 Å². The van der Waals surface area contributed by atoms with Gasteiger partial charge in [0.1, 0.15) is 6.42 Å². The van der Waals surface area contributed by atoms with Crippen LogP contribution in [0.4, 0.5) is 11.4 Å². The van der Waals surface area contributed by atoms with Crippen molar-refractivity contribution in [3.05, 3.63) is 30.3 Å². The molecule has 0 aromatic heterocycles. The van der Waals surface area contributed by atoms with Crippen molar-refractivity contribution in [2.75, 3.05) is 38.8 Å². The first-order valence-electron chi connectivity index (χ1n) is 8.33. The fourth-order valence-corrected chi connectivity index (χ4v) is 2.68. The molecule has 0 aliphatic carbocycles. The Bertz CT molecular complexity index is 873. The van der Waals surface area contributed by atoms with Crippen molar-refractivity contribution < 1.29 is 33.3 Å². The van der Waals surface area contributed by atoms with Gasteiger partial charge in [0.05, 0.1) is 21.3 Å². The minimum Gasteiger partial charge on any atom is -0.493 e. The maximum Gasteiger partial charge on any atom is 0.233 e. The molecule has 9 heteroatoms. The molecule has 148 valence electrons. The molecule has 2 N–H and O–H groups in total. The highest BCUT2D eigenvalue weighted by atomic mass is 16.7. The molecule has 0 bridgehead atoms. The third-order valence-corrected chi connectivity index (χ3v) is 3.93. The predicted molar refractivity (Wildman–Crippen MR) is 101 cm³/mol. The van der Waals surface area contributed by atoms with Gasteiger partial charge in [-0.2, -0.15) is 0 Å². The van der Waals surface area contributed by atoms with Gasteiger partial charge >= 0.3 is 0 Å². The van der Waals surface area contributed by atoms with Crippen LogP contribution in [0.3, 0.4) is 0 Å². The molecule has 0 unspecified atom stereocenters. The molecule has 0 saturated heterocycles. The molecule has 9 nitrogen and oxygen atoms in total. The van der Waals surface area contributed by atoms with Crippen molar-refractivity contribution in [3.63, 3.8) is 0 Å². The van der Waals surface area contributed by atoms with Gasteiger partial charge in [0.15, 0.2) is 23.0 Å². The van der Waals surface area contributed by atoms with E-state index in [9.17, 15) is 9.59 Å². The van der Waals surface area contributed by atoms with Crippen LogP contribution < -0.4 is 34.3 Å². The Morgan fingerprint density at radius 3 is 2.07 bits per heavy atom. The second kappa shape index (κ2) is 8.38. The molecule has 0 fully saturated rings. The van der Waals surface area contributed by atoms with Crippen molar-refractivity contribution in [3.8, 4) is 28.7 Å². The van der Waals surface area contributed by atoms with E-state index in [1.54, 1.807) is 30.3 Å². The van der Waals surface area contributed by atoms with Crippen LogP contribution in [-0.2, 0) is 9.59 Å². The third kappa shape index (κ3) is 4.20. The topological polar surface area (TPSA) is 104 Å². The Kier molecular flexibility index (Phi) is 5.73. The second-order valence-electron chi connectivity index (χ2n) is 5.76. The summed E-state index contributed by atoms with van der Waals surface area (Å²) in [5.74, 6) is 1.38. The fraction of sp³-hybridized carbons (Fsp3) is 0.263. The quantitative estimate of drug-likeness (QED) is 0.702. The number of hydrogen-bond donors (Lipinski definition) is 2. The first kappa shape index (κ1) is 19.2. The number of carbonyl (C=O) groups is 2. The lowest BCUT2D eigenvalue weighted by atomic mass is 10.2. The molecule has 0 spiro atoms. The number of methoxy groups -OCH3 is 3. The lowest BCUT2D eigenvalue weighted by molar-refractivity contribution is -0.123. The van der Waals surface area contributed by atoms with Gasteiger partial charge in [0.25, 0.3) is 0 Å². The van der Waals surface area contributed by atoms with Crippen LogP contribution in [0.15, 0.2) is 30.3 Å². The largest absolute Gasteiger partial charge is 0.493 e. The van der Waals surface area contributed by atoms with Crippen molar-refractivity contribution in [2.24, 2.45) is 0 Å². The summed E-state index contributed by atoms with van der Waals surface area (Å²) in [6.45, 7) is 0.143. The van der Waals surface area contributed by atoms with E-state index in [0.717, 1.165) is 0 Å². The number of nitrogens with one attached hydrogen (secondary N) is 2. The highest BCUT2D eigenvalue weighted by Gasteiger charge is 2.17. The van der Waals surface area contributed by atoms with Crippen LogP contribution >= 0.6 is 0 Å². The lowest BCUT2D eigenvalue weighted by Crippen LogP contribution is -2.21. The summed E-state index contributed by atoms with van der Waals surface area (Å²) >= 11 is 0. The third-order valence-electron chi connectivity index (χ3n) is 3.93. The van der Waals surface area contributed by atoms with Crippen LogP contribution in [0.5, 0.6) is 28.7 Å². The Morgan fingerprint density at radius 2 is 1.46 bits per heavy atom. The zero-order valence-electron chi connectivity index (χ0n) is 15.7. The van der Waals surface area contributed by atoms with E-state index in [4.69, 9.17) is 23.7 Å². The SMILES string of the molecule is COc1cc(NC(=O)CC(=O)Nc2ccc3c(c2)OCO3)cc(OC)c1OC. The fourth-order valence-electron chi connectivity index (χ4n) is 2.68. The Morgan fingerprint density at radius 1 is 0.857 bits per heavy atom. The highest BCUT2D eigenvalue weighted by Crippen LogP contribution is 2.40. The van der Waals surface area contributed by atoms with Crippen molar-refractivity contribution in [1.82, 2.24) is 0 Å². The molecule has 3 rings (SSSR count). The molecule has 0 atom stereocenters. The number of ether oxygens (including phenoxy) is 5. The average Bonchev–Trinajstić information content (AvgIpc) is 3.14. The summed E-state index contributed by atoms with van der Waals surface area (Å²) in [6.07, 6.45) is -0.370. The summed E-state index contributed by atoms with van der Waals surface area (Å²) in [6, 6.07) is 8.15. The molecule has 28 heavy (non-hydrogen) atoms. The molecule has 2 amide bonds. The van der Waals surface area contributed by atoms with Crippen molar-refractivity contribution in [1.29, 1.82) is 0 Å². The summed E-state index contributed by atoms with van der Waals surface area (Å²) in [5, 5.41) is 5.29. The van der Waals surface area contributed by atoms with Crippen LogP contribution in [0.1, 0.15) is 6.42 Å². The van der Waals surface area contributed by atoms with E-state index in [-0.39, 0.29) is 13.2 Å². The Labute approximate surface area is 161 Å². The number of hydrogen-bond acceptors (Lipinski definition) is 7. The van der Waals surface area contributed by atoms with Gasteiger partial charge in [-0.3, -0.25) is 9.59 Å². The van der Waals surface area contributed by atoms with E-state index < -0.39 is 11.8 Å². The second-order valence-corrected chi connectivity index (χ2v) is 5.76. The number of rotatable bonds is 7. The number of fused-ring (bicyclic) bond motifs is 1. The van der Waals surface area contributed by atoms with Gasteiger partial charge in [0, 0.05) is 29.6 Å². The maximum atomic E-state index is 12.2. The van der Waals surface area contributed by atoms with Gasteiger partial charge in [-0.25, -0.2) is 0 Å². The Balaban J connectivity index is 1.62. The monoisotopic (exact) mass is 388 g/mol. The summed E-state index contributed by atoms with van der Waals surface area (Å²) < 4.78 is 26.2. The smallest absolute Gasteiger partial charge is 0.233 e. The summed E-state index contributed by atoms with van der Waals surface area (Å²) in [5.41, 5.74) is 0.921. The first-order chi connectivity index (χ1) is 13.5. The van der Waals surface area contributed by atoms with Crippen LogP contribution in [0.25, 0.3) is 0 Å². The molecule has 0 radical (unpaired) electrons. The van der Waals surface area contributed by atoms with Gasteiger partial charge in [-0.15, -0.1) is 0 Å². The maximum absolute atomic E-state index is 12.2. The van der Waals surface area contributed by atoms with Gasteiger partial charge in [0.2, 0.25) is 24.4 Å². The molecule has 1 heterocycles. The molecule has 0 saturated carbocycles.